The van der Waals surface area contributed by atoms with Gasteiger partial charge in [0.2, 0.25) is 0 Å². The molecule has 0 saturated heterocycles. The molecule has 0 aliphatic carbocycles. The highest BCUT2D eigenvalue weighted by Gasteiger charge is 1.77. The van der Waals surface area contributed by atoms with Crippen LogP contribution in [0.5, 0.6) is 0 Å². The van der Waals surface area contributed by atoms with Crippen LogP contribution in [0.4, 0.5) is 0 Å². The van der Waals surface area contributed by atoms with Crippen LogP contribution in [0.1, 0.15) is 0 Å². The van der Waals surface area contributed by atoms with Crippen LogP contribution in [0.25, 0.3) is 0 Å². The Labute approximate surface area is 79.1 Å². The largest absolute Gasteiger partial charge is 0.152 e. The van der Waals surface area contributed by atoms with Crippen LogP contribution in [0.2, 0.25) is 4.34 Å². The minimum atomic E-state index is 0.856. The number of halogens is 1. The van der Waals surface area contributed by atoms with Gasteiger partial charge in [0, 0.05) is 0 Å². The number of thiophene rings is 2. The zero-order chi connectivity index (χ0) is 7.94. The third-order valence-corrected chi connectivity index (χ3v) is 2.59. The molecule has 0 fully saturated rings. The van der Waals surface area contributed by atoms with Crippen LogP contribution in [0.3, 0.4) is 0 Å². The van der Waals surface area contributed by atoms with E-state index in [4.69, 9.17) is 11.6 Å². The van der Waals surface area contributed by atoms with Gasteiger partial charge in [-0.2, -0.15) is 11.3 Å². The van der Waals surface area contributed by atoms with Crippen LogP contribution >= 0.6 is 34.3 Å². The summed E-state index contributed by atoms with van der Waals surface area (Å²) >= 11 is 8.73. The topological polar surface area (TPSA) is 0 Å². The molecule has 0 N–H and O–H groups in total. The summed E-state index contributed by atoms with van der Waals surface area (Å²) in [6.45, 7) is 0. The Morgan fingerprint density at radius 1 is 1.00 bits per heavy atom. The second kappa shape index (κ2) is 5.35. The fourth-order valence-corrected chi connectivity index (χ4v) is 1.61. The Morgan fingerprint density at radius 2 is 1.73 bits per heavy atom. The van der Waals surface area contributed by atoms with E-state index in [-0.39, 0.29) is 0 Å². The van der Waals surface area contributed by atoms with Gasteiger partial charge in [0.25, 0.3) is 0 Å². The van der Waals surface area contributed by atoms with Gasteiger partial charge in [0.1, 0.15) is 0 Å². The summed E-state index contributed by atoms with van der Waals surface area (Å²) in [7, 11) is 0. The first kappa shape index (κ1) is 8.78. The van der Waals surface area contributed by atoms with Gasteiger partial charge in [-0.15, -0.1) is 11.3 Å². The van der Waals surface area contributed by atoms with Gasteiger partial charge in [0.15, 0.2) is 0 Å². The molecule has 0 radical (unpaired) electrons. The van der Waals surface area contributed by atoms with Crippen molar-refractivity contribution in [3.63, 3.8) is 0 Å². The number of hydrogen-bond donors (Lipinski definition) is 0. The molecular weight excluding hydrogens is 196 g/mol. The number of hydrogen-bond acceptors (Lipinski definition) is 2. The van der Waals surface area contributed by atoms with Crippen LogP contribution in [0.15, 0.2) is 40.4 Å². The Balaban J connectivity index is 0.000000112. The maximum Gasteiger partial charge on any atom is 0.0928 e. The second-order valence-corrected chi connectivity index (χ2v) is 4.11. The minimum absolute atomic E-state index is 0.856. The van der Waals surface area contributed by atoms with Gasteiger partial charge >= 0.3 is 0 Å². The zero-order valence-electron chi connectivity index (χ0n) is 5.74. The molecule has 2 heterocycles. The highest BCUT2D eigenvalue weighted by molar-refractivity contribution is 7.14. The zero-order valence-corrected chi connectivity index (χ0v) is 8.12. The maximum atomic E-state index is 5.47. The van der Waals surface area contributed by atoms with Crippen molar-refractivity contribution in [3.8, 4) is 0 Å². The highest BCUT2D eigenvalue weighted by Crippen LogP contribution is 2.13. The van der Waals surface area contributed by atoms with Crippen molar-refractivity contribution in [3.05, 3.63) is 44.7 Å². The predicted molar refractivity (Wildman–Crippen MR) is 53.6 cm³/mol. The molecule has 0 saturated carbocycles. The van der Waals surface area contributed by atoms with Crippen molar-refractivity contribution < 1.29 is 0 Å². The Kier molecular flexibility index (Phi) is 4.28. The van der Waals surface area contributed by atoms with Crippen LogP contribution in [-0.2, 0) is 0 Å². The summed E-state index contributed by atoms with van der Waals surface area (Å²) in [6.07, 6.45) is 0. The average molecular weight is 203 g/mol. The molecule has 0 aliphatic rings. The van der Waals surface area contributed by atoms with Crippen LogP contribution in [0, 0.1) is 0 Å². The molecular formula is C8H7ClS2. The van der Waals surface area contributed by atoms with Crippen molar-refractivity contribution in [2.75, 3.05) is 0 Å². The van der Waals surface area contributed by atoms with Crippen molar-refractivity contribution in [1.82, 2.24) is 0 Å². The van der Waals surface area contributed by atoms with Crippen molar-refractivity contribution in [2.24, 2.45) is 0 Å². The molecule has 3 heteroatoms. The van der Waals surface area contributed by atoms with E-state index in [1.165, 1.54) is 0 Å². The van der Waals surface area contributed by atoms with Crippen LogP contribution < -0.4 is 0 Å². The van der Waals surface area contributed by atoms with Gasteiger partial charge in [-0.05, 0) is 28.3 Å². The van der Waals surface area contributed by atoms with Gasteiger partial charge in [-0.1, -0.05) is 23.7 Å². The van der Waals surface area contributed by atoms with Crippen LogP contribution in [-0.4, -0.2) is 0 Å². The smallest absolute Gasteiger partial charge is 0.0928 e. The maximum absolute atomic E-state index is 5.47. The van der Waals surface area contributed by atoms with Gasteiger partial charge < -0.3 is 0 Å². The molecule has 0 nitrogen and oxygen atoms in total. The first-order chi connectivity index (χ1) is 5.39. The third-order valence-electron chi connectivity index (χ3n) is 0.912. The second-order valence-electron chi connectivity index (χ2n) is 1.71. The predicted octanol–water partition coefficient (Wildman–Crippen LogP) is 4.15. The molecule has 58 valence electrons. The molecule has 0 unspecified atom stereocenters. The molecule has 2 aromatic heterocycles. The van der Waals surface area contributed by atoms with E-state index in [1.807, 2.05) is 40.4 Å². The summed E-state index contributed by atoms with van der Waals surface area (Å²) < 4.78 is 0.856. The molecule has 0 bridgehead atoms. The Bertz CT molecular complexity index is 230. The summed E-state index contributed by atoms with van der Waals surface area (Å²) in [5.41, 5.74) is 0. The fraction of sp³-hybridized carbons (Fsp3) is 0. The average Bonchev–Trinajstić information content (AvgIpc) is 2.57. The minimum Gasteiger partial charge on any atom is -0.152 e. The molecule has 0 aromatic carbocycles. The fourth-order valence-electron chi connectivity index (χ4n) is 0.485. The van der Waals surface area contributed by atoms with E-state index in [2.05, 4.69) is 0 Å². The molecule has 0 aliphatic heterocycles. The normalized spacial score (nSPS) is 8.45. The summed E-state index contributed by atoms with van der Waals surface area (Å²) in [6, 6.07) is 7.83. The highest BCUT2D eigenvalue weighted by atomic mass is 35.5. The first-order valence-corrected chi connectivity index (χ1v) is 5.26. The molecule has 0 amide bonds. The van der Waals surface area contributed by atoms with E-state index in [0.717, 1.165) is 4.34 Å². The standard InChI is InChI=1S/C4H3ClS.C4H4S/c5-4-2-1-3-6-4;1-2-4-5-3-1/h1-3H;1-4H. The SMILES string of the molecule is Clc1cccs1.c1ccsc1. The quantitative estimate of drug-likeness (QED) is 0.602. The summed E-state index contributed by atoms with van der Waals surface area (Å²) in [4.78, 5) is 0. The molecule has 0 atom stereocenters. The third kappa shape index (κ3) is 4.19. The van der Waals surface area contributed by atoms with Gasteiger partial charge in [0.05, 0.1) is 4.34 Å². The van der Waals surface area contributed by atoms with E-state index in [9.17, 15) is 0 Å². The Morgan fingerprint density at radius 3 is 1.91 bits per heavy atom. The van der Waals surface area contributed by atoms with Gasteiger partial charge in [-0.25, -0.2) is 0 Å². The number of rotatable bonds is 0. The Hall–Kier alpha value is -0.310. The lowest BCUT2D eigenvalue weighted by molar-refractivity contribution is 2.02. The summed E-state index contributed by atoms with van der Waals surface area (Å²) in [5, 5.41) is 6.03. The van der Waals surface area contributed by atoms with Gasteiger partial charge in [-0.3, -0.25) is 0 Å². The monoisotopic (exact) mass is 202 g/mol. The molecule has 11 heavy (non-hydrogen) atoms. The molecule has 2 aromatic rings. The molecule has 2 rings (SSSR count). The van der Waals surface area contributed by atoms with E-state index in [1.54, 1.807) is 22.7 Å². The molecule has 0 spiro atoms. The van der Waals surface area contributed by atoms with E-state index in [0.29, 0.717) is 0 Å². The van der Waals surface area contributed by atoms with Crippen molar-refractivity contribution >= 4 is 34.3 Å². The van der Waals surface area contributed by atoms with Crippen molar-refractivity contribution in [2.45, 2.75) is 0 Å². The van der Waals surface area contributed by atoms with E-state index >= 15 is 0 Å². The summed E-state index contributed by atoms with van der Waals surface area (Å²) in [5.74, 6) is 0. The lowest BCUT2D eigenvalue weighted by atomic mass is 10.7. The lowest BCUT2D eigenvalue weighted by Gasteiger charge is -1.62. The van der Waals surface area contributed by atoms with Crippen molar-refractivity contribution in [1.29, 1.82) is 0 Å². The van der Waals surface area contributed by atoms with E-state index < -0.39 is 0 Å². The lowest BCUT2D eigenvalue weighted by Crippen LogP contribution is -1.29. The first-order valence-electron chi connectivity index (χ1n) is 3.06.